The van der Waals surface area contributed by atoms with Gasteiger partial charge in [-0.25, -0.2) is 0 Å². The number of esters is 1. The zero-order valence-electron chi connectivity index (χ0n) is 10.6. The van der Waals surface area contributed by atoms with Crippen molar-refractivity contribution in [3.8, 4) is 0 Å². The highest BCUT2D eigenvalue weighted by atomic mass is 79.9. The number of ether oxygens (including phenoxy) is 3. The van der Waals surface area contributed by atoms with E-state index in [0.717, 1.165) is 0 Å². The van der Waals surface area contributed by atoms with Crippen molar-refractivity contribution in [1.82, 2.24) is 0 Å². The van der Waals surface area contributed by atoms with E-state index in [4.69, 9.17) is 14.2 Å². The van der Waals surface area contributed by atoms with Gasteiger partial charge >= 0.3 is 5.97 Å². The average Bonchev–Trinajstić information content (AvgIpc) is 2.89. The van der Waals surface area contributed by atoms with Crippen molar-refractivity contribution < 1.29 is 19.0 Å². The summed E-state index contributed by atoms with van der Waals surface area (Å²) in [6, 6.07) is 0. The number of hydrogen-bond acceptors (Lipinski definition) is 4. The summed E-state index contributed by atoms with van der Waals surface area (Å²) in [6.07, 6.45) is 0. The van der Waals surface area contributed by atoms with E-state index in [0.29, 0.717) is 55.3 Å². The van der Waals surface area contributed by atoms with Gasteiger partial charge in [-0.05, 0) is 36.5 Å². The van der Waals surface area contributed by atoms with Crippen molar-refractivity contribution in [3.05, 3.63) is 0 Å². The van der Waals surface area contributed by atoms with E-state index in [1.54, 1.807) is 0 Å². The predicted molar refractivity (Wildman–Crippen MR) is 66.3 cm³/mol. The number of carbonyl (C=O) groups excluding carboxylic acids is 1. The topological polar surface area (TPSA) is 44.8 Å². The molecule has 4 nitrogen and oxygen atoms in total. The average molecular weight is 327 g/mol. The van der Waals surface area contributed by atoms with Crippen LogP contribution in [0, 0.1) is 40.9 Å². The minimum atomic E-state index is -0.416. The van der Waals surface area contributed by atoms with Crippen LogP contribution in [0.15, 0.2) is 0 Å². The molecule has 102 valence electrons. The van der Waals surface area contributed by atoms with Crippen LogP contribution in [0.3, 0.4) is 0 Å². The first-order valence-corrected chi connectivity index (χ1v) is 8.10. The Morgan fingerprint density at radius 2 is 1.74 bits per heavy atom. The van der Waals surface area contributed by atoms with Gasteiger partial charge in [-0.1, -0.05) is 15.9 Å². The van der Waals surface area contributed by atoms with Crippen molar-refractivity contribution in [1.29, 1.82) is 0 Å². The molecule has 0 aromatic carbocycles. The lowest BCUT2D eigenvalue weighted by Crippen LogP contribution is -2.94. The highest BCUT2D eigenvalue weighted by Crippen LogP contribution is 3.04. The molecule has 0 amide bonds. The van der Waals surface area contributed by atoms with Crippen LogP contribution in [0.25, 0.3) is 0 Å². The monoisotopic (exact) mass is 326 g/mol. The molecule has 0 radical (unpaired) electrons. The maximum absolute atomic E-state index is 12.4. The van der Waals surface area contributed by atoms with Crippen LogP contribution in [0.1, 0.15) is 6.92 Å². The zero-order chi connectivity index (χ0) is 12.8. The minimum absolute atomic E-state index is 0.00934. The van der Waals surface area contributed by atoms with Crippen LogP contribution < -0.4 is 0 Å². The molecule has 1 saturated heterocycles. The van der Waals surface area contributed by atoms with Crippen molar-refractivity contribution in [2.75, 3.05) is 19.8 Å². The van der Waals surface area contributed by atoms with Crippen molar-refractivity contribution in [2.24, 2.45) is 40.9 Å². The third-order valence-electron chi connectivity index (χ3n) is 7.26. The molecule has 1 aliphatic heterocycles. The summed E-state index contributed by atoms with van der Waals surface area (Å²) in [5, 5.41) is 0. The molecule has 4 atom stereocenters. The molecule has 1 spiro atoms. The Kier molecular flexibility index (Phi) is 1.41. The van der Waals surface area contributed by atoms with E-state index in [1.807, 2.05) is 6.92 Å². The van der Waals surface area contributed by atoms with Crippen molar-refractivity contribution in [3.63, 3.8) is 0 Å². The van der Waals surface area contributed by atoms with Gasteiger partial charge < -0.3 is 14.2 Å². The van der Waals surface area contributed by atoms with E-state index < -0.39 is 5.79 Å². The highest BCUT2D eigenvalue weighted by molar-refractivity contribution is 9.10. The third-order valence-corrected chi connectivity index (χ3v) is 8.87. The molecular weight excluding hydrogens is 312 g/mol. The molecule has 6 aliphatic carbocycles. The number of alkyl halides is 1. The Morgan fingerprint density at radius 3 is 2.32 bits per heavy atom. The van der Waals surface area contributed by atoms with Gasteiger partial charge in [-0.2, -0.15) is 0 Å². The fraction of sp³-hybridized carbons (Fsp3) is 0.929. The maximum Gasteiger partial charge on any atom is 0.312 e. The summed E-state index contributed by atoms with van der Waals surface area (Å²) in [5.74, 6) is 2.67. The summed E-state index contributed by atoms with van der Waals surface area (Å²) >= 11 is 3.98. The maximum atomic E-state index is 12.4. The Morgan fingerprint density at radius 1 is 1.16 bits per heavy atom. The molecule has 6 saturated carbocycles. The largest absolute Gasteiger partial charge is 0.466 e. The number of halogens is 1. The number of hydrogen-bond donors (Lipinski definition) is 0. The Bertz CT molecular complexity index is 520. The quantitative estimate of drug-likeness (QED) is 0.564. The second-order valence-electron chi connectivity index (χ2n) is 6.94. The fourth-order valence-electron chi connectivity index (χ4n) is 7.28. The van der Waals surface area contributed by atoms with E-state index in [2.05, 4.69) is 15.9 Å². The predicted octanol–water partition coefficient (Wildman–Crippen LogP) is 1.18. The SMILES string of the molecule is CCOC(=O)C12C3[C@@H]4[C@H]1C1[C@@H]2[C@@H]3C4(Br)C12OCCO2. The summed E-state index contributed by atoms with van der Waals surface area (Å²) in [4.78, 5) is 12.4. The summed E-state index contributed by atoms with van der Waals surface area (Å²) in [6.45, 7) is 3.77. The van der Waals surface area contributed by atoms with Crippen LogP contribution in [0.2, 0.25) is 0 Å². The van der Waals surface area contributed by atoms with Gasteiger partial charge in [0.25, 0.3) is 0 Å². The Hall–Kier alpha value is -0.130. The van der Waals surface area contributed by atoms with E-state index >= 15 is 0 Å². The van der Waals surface area contributed by atoms with E-state index in [9.17, 15) is 4.79 Å². The lowest BCUT2D eigenvalue weighted by atomic mass is 9.13. The number of rotatable bonds is 2. The van der Waals surface area contributed by atoms with Gasteiger partial charge in [0.05, 0.1) is 29.6 Å². The first-order chi connectivity index (χ1) is 9.17. The van der Waals surface area contributed by atoms with Crippen molar-refractivity contribution >= 4 is 21.9 Å². The first-order valence-electron chi connectivity index (χ1n) is 7.31. The molecule has 5 heteroatoms. The molecule has 1 heterocycles. The summed E-state index contributed by atoms with van der Waals surface area (Å²) < 4.78 is 17.5. The molecule has 19 heavy (non-hydrogen) atoms. The molecule has 0 aromatic heterocycles. The van der Waals surface area contributed by atoms with Crippen molar-refractivity contribution in [2.45, 2.75) is 17.0 Å². The molecule has 0 aromatic rings. The van der Waals surface area contributed by atoms with Crippen LogP contribution >= 0.6 is 15.9 Å². The van der Waals surface area contributed by atoms with Gasteiger partial charge in [0, 0.05) is 5.92 Å². The molecular formula is C14H15BrO4. The molecule has 0 unspecified atom stereocenters. The second-order valence-corrected chi connectivity index (χ2v) is 8.25. The summed E-state index contributed by atoms with van der Waals surface area (Å²) in [5.41, 5.74) is -0.133. The van der Waals surface area contributed by atoms with Crippen LogP contribution in [0.4, 0.5) is 0 Å². The fourth-order valence-corrected chi connectivity index (χ4v) is 8.91. The lowest BCUT2D eigenvalue weighted by Gasteiger charge is -2.89. The van der Waals surface area contributed by atoms with E-state index in [-0.39, 0.29) is 15.7 Å². The van der Waals surface area contributed by atoms with Gasteiger partial charge in [-0.3, -0.25) is 4.79 Å². The Labute approximate surface area is 119 Å². The molecule has 7 rings (SSSR count). The highest BCUT2D eigenvalue weighted by Gasteiger charge is 3.10. The van der Waals surface area contributed by atoms with Gasteiger partial charge in [0.2, 0.25) is 0 Å². The first kappa shape index (κ1) is 10.6. The molecule has 2 bridgehead atoms. The van der Waals surface area contributed by atoms with E-state index in [1.165, 1.54) is 0 Å². The Balaban J connectivity index is 1.47. The van der Waals surface area contributed by atoms with Gasteiger partial charge in [0.1, 0.15) is 0 Å². The molecule has 0 N–H and O–H groups in total. The smallest absolute Gasteiger partial charge is 0.312 e. The normalized spacial score (nSPS) is 66.8. The molecule has 7 aliphatic rings. The zero-order valence-corrected chi connectivity index (χ0v) is 12.2. The standard InChI is InChI=1S/C14H15BrO4/c1-2-17-11(16)12-5-8-6(12)10-7(12)9(5)13(8,15)14(10)18-3-4-19-14/h5-10H,2-4H2,1H3/t5?,6-,7-,8+,9+,10?,12?,13?/m0/s1. The third kappa shape index (κ3) is 0.596. The summed E-state index contributed by atoms with van der Waals surface area (Å²) in [7, 11) is 0. The minimum Gasteiger partial charge on any atom is -0.466 e. The second kappa shape index (κ2) is 2.53. The van der Waals surface area contributed by atoms with Crippen LogP contribution in [-0.2, 0) is 19.0 Å². The van der Waals surface area contributed by atoms with Gasteiger partial charge in [0.15, 0.2) is 5.79 Å². The number of carbonyl (C=O) groups is 1. The lowest BCUT2D eigenvalue weighted by molar-refractivity contribution is -0.422. The van der Waals surface area contributed by atoms with Crippen LogP contribution in [-0.4, -0.2) is 35.9 Å². The van der Waals surface area contributed by atoms with Crippen LogP contribution in [0.5, 0.6) is 0 Å². The molecule has 7 fully saturated rings. The van der Waals surface area contributed by atoms with Gasteiger partial charge in [-0.15, -0.1) is 0 Å².